The molecule has 3 saturated carbocycles. The van der Waals surface area contributed by atoms with Gasteiger partial charge < -0.3 is 10.4 Å². The third-order valence-corrected chi connectivity index (χ3v) is 4.94. The summed E-state index contributed by atoms with van der Waals surface area (Å²) < 4.78 is 0. The van der Waals surface area contributed by atoms with Gasteiger partial charge in [-0.1, -0.05) is 27.7 Å². The number of aliphatic hydroxyl groups is 1. The van der Waals surface area contributed by atoms with Crippen LogP contribution < -0.4 is 5.32 Å². The van der Waals surface area contributed by atoms with Crippen molar-refractivity contribution in [2.75, 3.05) is 0 Å². The Balaban J connectivity index is 2.14. The van der Waals surface area contributed by atoms with E-state index in [1.165, 1.54) is 6.42 Å². The van der Waals surface area contributed by atoms with Crippen molar-refractivity contribution >= 4 is 0 Å². The highest BCUT2D eigenvalue weighted by Crippen LogP contribution is 2.62. The monoisotopic (exact) mass is 211 g/mol. The first kappa shape index (κ1) is 11.4. The molecule has 0 unspecified atom stereocenters. The molecule has 0 radical (unpaired) electrons. The van der Waals surface area contributed by atoms with E-state index in [-0.39, 0.29) is 6.04 Å². The molecule has 0 aromatic carbocycles. The second-order valence-electron chi connectivity index (χ2n) is 6.64. The highest BCUT2D eigenvalue weighted by atomic mass is 16.3. The molecule has 0 heterocycles. The second kappa shape index (κ2) is 3.21. The Morgan fingerprint density at radius 3 is 2.20 bits per heavy atom. The van der Waals surface area contributed by atoms with Crippen LogP contribution in [0.2, 0.25) is 0 Å². The molecule has 2 bridgehead atoms. The molecule has 2 heteroatoms. The van der Waals surface area contributed by atoms with Crippen LogP contribution >= 0.6 is 0 Å². The molecule has 0 amide bonds. The summed E-state index contributed by atoms with van der Waals surface area (Å²) in [5.41, 5.74) is -0.179. The van der Waals surface area contributed by atoms with Crippen LogP contribution in [0.3, 0.4) is 0 Å². The zero-order valence-electron chi connectivity index (χ0n) is 10.7. The van der Waals surface area contributed by atoms with Gasteiger partial charge in [0.2, 0.25) is 0 Å². The van der Waals surface area contributed by atoms with Crippen LogP contribution in [0, 0.1) is 17.3 Å². The van der Waals surface area contributed by atoms with Gasteiger partial charge in [0.15, 0.2) is 0 Å². The van der Waals surface area contributed by atoms with Crippen LogP contribution in [-0.4, -0.2) is 22.8 Å². The van der Waals surface area contributed by atoms with E-state index in [0.29, 0.717) is 17.4 Å². The van der Waals surface area contributed by atoms with E-state index in [9.17, 15) is 5.11 Å². The highest BCUT2D eigenvalue weighted by Gasteiger charge is 2.62. The van der Waals surface area contributed by atoms with Gasteiger partial charge in [0, 0.05) is 12.1 Å². The predicted molar refractivity (Wildman–Crippen MR) is 62.7 cm³/mol. The molecule has 3 aliphatic rings. The van der Waals surface area contributed by atoms with Gasteiger partial charge in [-0.2, -0.15) is 0 Å². The smallest absolute Gasteiger partial charge is 0.0805 e. The van der Waals surface area contributed by atoms with Crippen LogP contribution in [0.1, 0.15) is 47.5 Å². The topological polar surface area (TPSA) is 32.3 Å². The van der Waals surface area contributed by atoms with Crippen molar-refractivity contribution in [3.8, 4) is 0 Å². The van der Waals surface area contributed by atoms with Crippen molar-refractivity contribution in [2.24, 2.45) is 17.3 Å². The number of rotatable bonds is 2. The lowest BCUT2D eigenvalue weighted by Crippen LogP contribution is -2.70. The SMILES string of the molecule is CC(C)N[C@H]1C[C@H]2C[C@H](C2(C)C)[C@@]1(C)O. The molecule has 0 aliphatic heterocycles. The molecule has 88 valence electrons. The summed E-state index contributed by atoms with van der Waals surface area (Å²) in [7, 11) is 0. The molecule has 2 N–H and O–H groups in total. The zero-order valence-corrected chi connectivity index (χ0v) is 10.7. The van der Waals surface area contributed by atoms with Crippen molar-refractivity contribution < 1.29 is 5.11 Å². The fourth-order valence-electron chi connectivity index (χ4n) is 3.81. The highest BCUT2D eigenvalue weighted by molar-refractivity contribution is 5.14. The quantitative estimate of drug-likeness (QED) is 0.733. The summed E-state index contributed by atoms with van der Waals surface area (Å²) in [6, 6.07) is 0.747. The average Bonchev–Trinajstić information content (AvgIpc) is 2.06. The number of hydrogen-bond donors (Lipinski definition) is 2. The number of hydrogen-bond acceptors (Lipinski definition) is 2. The van der Waals surface area contributed by atoms with Crippen LogP contribution in [0.15, 0.2) is 0 Å². The van der Waals surface area contributed by atoms with Crippen molar-refractivity contribution in [3.63, 3.8) is 0 Å². The maximum Gasteiger partial charge on any atom is 0.0805 e. The minimum atomic E-state index is -0.525. The average molecular weight is 211 g/mol. The van der Waals surface area contributed by atoms with Gasteiger partial charge >= 0.3 is 0 Å². The largest absolute Gasteiger partial charge is 0.388 e. The normalized spacial score (nSPS) is 47.8. The fourth-order valence-corrected chi connectivity index (χ4v) is 3.81. The third kappa shape index (κ3) is 1.53. The molecule has 3 aliphatic carbocycles. The molecular formula is C13H25NO. The lowest BCUT2D eigenvalue weighted by Gasteiger charge is -2.65. The van der Waals surface area contributed by atoms with Gasteiger partial charge in [-0.3, -0.25) is 0 Å². The maximum absolute atomic E-state index is 10.7. The van der Waals surface area contributed by atoms with Crippen molar-refractivity contribution in [1.82, 2.24) is 5.32 Å². The van der Waals surface area contributed by atoms with E-state index in [1.807, 2.05) is 6.92 Å². The van der Waals surface area contributed by atoms with Gasteiger partial charge in [0.1, 0.15) is 0 Å². The molecule has 2 nitrogen and oxygen atoms in total. The molecule has 0 saturated heterocycles. The Labute approximate surface area is 93.5 Å². The van der Waals surface area contributed by atoms with E-state index >= 15 is 0 Å². The summed E-state index contributed by atoms with van der Waals surface area (Å²) >= 11 is 0. The molecule has 0 aromatic heterocycles. The summed E-state index contributed by atoms with van der Waals surface area (Å²) in [4.78, 5) is 0. The lowest BCUT2D eigenvalue weighted by molar-refractivity contribution is -0.210. The Hall–Kier alpha value is -0.0800. The summed E-state index contributed by atoms with van der Waals surface area (Å²) in [6.45, 7) is 11.0. The van der Waals surface area contributed by atoms with Crippen LogP contribution in [0.25, 0.3) is 0 Å². The minimum Gasteiger partial charge on any atom is -0.388 e. The first-order chi connectivity index (χ1) is 6.76. The van der Waals surface area contributed by atoms with Gasteiger partial charge in [0.05, 0.1) is 5.60 Å². The van der Waals surface area contributed by atoms with Crippen LogP contribution in [0.5, 0.6) is 0 Å². The van der Waals surface area contributed by atoms with Crippen molar-refractivity contribution in [1.29, 1.82) is 0 Å². The van der Waals surface area contributed by atoms with Gasteiger partial charge in [0.25, 0.3) is 0 Å². The summed E-state index contributed by atoms with van der Waals surface area (Å²) in [5, 5.41) is 14.2. The Morgan fingerprint density at radius 1 is 1.20 bits per heavy atom. The van der Waals surface area contributed by atoms with Crippen molar-refractivity contribution in [2.45, 2.75) is 65.1 Å². The first-order valence-electron chi connectivity index (χ1n) is 6.24. The van der Waals surface area contributed by atoms with E-state index in [1.54, 1.807) is 0 Å². The molecule has 0 aromatic rings. The second-order valence-corrected chi connectivity index (χ2v) is 6.64. The standard InChI is InChI=1S/C13H25NO/c1-8(2)14-11-7-9-6-10(12(9,3)4)13(11,5)15/h8-11,14-15H,6-7H2,1-5H3/t9-,10-,11+,13-/m1/s1. The van der Waals surface area contributed by atoms with E-state index in [0.717, 1.165) is 12.3 Å². The van der Waals surface area contributed by atoms with Crippen molar-refractivity contribution in [3.05, 3.63) is 0 Å². The fraction of sp³-hybridized carbons (Fsp3) is 1.00. The maximum atomic E-state index is 10.7. The molecule has 3 rings (SSSR count). The van der Waals surface area contributed by atoms with Gasteiger partial charge in [-0.25, -0.2) is 0 Å². The Kier molecular flexibility index (Phi) is 2.44. The molecule has 15 heavy (non-hydrogen) atoms. The van der Waals surface area contributed by atoms with E-state index < -0.39 is 5.60 Å². The first-order valence-corrected chi connectivity index (χ1v) is 6.24. The molecule has 4 atom stereocenters. The number of nitrogens with one attached hydrogen (secondary N) is 1. The number of fused-ring (bicyclic) bond motifs is 2. The Bertz CT molecular complexity index is 257. The zero-order chi connectivity index (χ0) is 11.4. The lowest BCUT2D eigenvalue weighted by atomic mass is 9.43. The van der Waals surface area contributed by atoms with Crippen LogP contribution in [0.4, 0.5) is 0 Å². The molecule has 3 fully saturated rings. The minimum absolute atomic E-state index is 0.286. The van der Waals surface area contributed by atoms with E-state index in [4.69, 9.17) is 0 Å². The van der Waals surface area contributed by atoms with Crippen LogP contribution in [-0.2, 0) is 0 Å². The third-order valence-electron chi connectivity index (χ3n) is 4.94. The van der Waals surface area contributed by atoms with Gasteiger partial charge in [-0.05, 0) is 37.0 Å². The predicted octanol–water partition coefficient (Wildman–Crippen LogP) is 2.17. The van der Waals surface area contributed by atoms with E-state index in [2.05, 4.69) is 33.0 Å². The summed E-state index contributed by atoms with van der Waals surface area (Å²) in [5.74, 6) is 1.28. The molecular weight excluding hydrogens is 186 g/mol. The van der Waals surface area contributed by atoms with Gasteiger partial charge in [-0.15, -0.1) is 0 Å². The summed E-state index contributed by atoms with van der Waals surface area (Å²) in [6.07, 6.45) is 2.35. The Morgan fingerprint density at radius 2 is 1.80 bits per heavy atom. The molecule has 0 spiro atoms.